The minimum atomic E-state index is 0.145. The largest absolute Gasteiger partial charge is 0.372 e. The van der Waals surface area contributed by atoms with Gasteiger partial charge < -0.3 is 14.6 Å². The fourth-order valence-corrected chi connectivity index (χ4v) is 3.41. The lowest BCUT2D eigenvalue weighted by Crippen LogP contribution is -2.46. The molecule has 1 saturated heterocycles. The highest BCUT2D eigenvalue weighted by Crippen LogP contribution is 2.31. The number of rotatable bonds is 3. The van der Waals surface area contributed by atoms with Crippen molar-refractivity contribution in [2.75, 3.05) is 18.0 Å². The van der Waals surface area contributed by atoms with Gasteiger partial charge in [0, 0.05) is 42.3 Å². The summed E-state index contributed by atoms with van der Waals surface area (Å²) in [5, 5.41) is 0.693. The van der Waals surface area contributed by atoms with Crippen LogP contribution in [0.1, 0.15) is 13.8 Å². The van der Waals surface area contributed by atoms with E-state index in [0.717, 1.165) is 35.7 Å². The summed E-state index contributed by atoms with van der Waals surface area (Å²) in [6.07, 6.45) is 5.63. The zero-order chi connectivity index (χ0) is 18.1. The Morgan fingerprint density at radius 3 is 2.50 bits per heavy atom. The van der Waals surface area contributed by atoms with Crippen molar-refractivity contribution in [3.63, 3.8) is 0 Å². The number of benzene rings is 1. The zero-order valence-corrected chi connectivity index (χ0v) is 15.4. The van der Waals surface area contributed by atoms with Gasteiger partial charge in [-0.2, -0.15) is 0 Å². The Hall–Kier alpha value is -2.44. The van der Waals surface area contributed by atoms with Crippen molar-refractivity contribution >= 4 is 17.5 Å². The molecule has 0 aliphatic carbocycles. The van der Waals surface area contributed by atoms with Gasteiger partial charge in [-0.25, -0.2) is 15.0 Å². The number of nitrogens with zero attached hydrogens (tertiary/aromatic N) is 4. The third-order valence-corrected chi connectivity index (χ3v) is 4.60. The molecule has 0 spiro atoms. The minimum Gasteiger partial charge on any atom is -0.372 e. The van der Waals surface area contributed by atoms with Crippen LogP contribution in [0.25, 0.3) is 22.6 Å². The highest BCUT2D eigenvalue weighted by atomic mass is 35.5. The first-order valence-electron chi connectivity index (χ1n) is 8.63. The molecular formula is C19H20ClN5O. The molecule has 1 aliphatic rings. The van der Waals surface area contributed by atoms with E-state index >= 15 is 0 Å². The summed E-state index contributed by atoms with van der Waals surface area (Å²) in [4.78, 5) is 19.2. The molecule has 7 heteroatoms. The fourth-order valence-electron chi connectivity index (χ4n) is 3.28. The van der Waals surface area contributed by atoms with Crippen LogP contribution in [0, 0.1) is 0 Å². The van der Waals surface area contributed by atoms with Gasteiger partial charge in [0.15, 0.2) is 0 Å². The minimum absolute atomic E-state index is 0.145. The van der Waals surface area contributed by atoms with Crippen LogP contribution in [0.3, 0.4) is 0 Å². The average molecular weight is 370 g/mol. The van der Waals surface area contributed by atoms with Crippen LogP contribution < -0.4 is 4.90 Å². The third-order valence-electron chi connectivity index (χ3n) is 4.35. The Morgan fingerprint density at radius 1 is 1.12 bits per heavy atom. The van der Waals surface area contributed by atoms with Crippen molar-refractivity contribution in [2.45, 2.75) is 26.1 Å². The number of hydrogen-bond donors (Lipinski definition) is 1. The summed E-state index contributed by atoms with van der Waals surface area (Å²) in [5.41, 5.74) is 2.66. The molecule has 6 nitrogen and oxygen atoms in total. The number of hydrogen-bond acceptors (Lipinski definition) is 5. The smallest absolute Gasteiger partial charge is 0.226 e. The third kappa shape index (κ3) is 3.43. The molecule has 3 heterocycles. The molecule has 134 valence electrons. The van der Waals surface area contributed by atoms with E-state index in [9.17, 15) is 0 Å². The summed E-state index contributed by atoms with van der Waals surface area (Å²) >= 11 is 6.05. The summed E-state index contributed by atoms with van der Waals surface area (Å²) in [6.45, 7) is 5.68. The molecule has 0 amide bonds. The summed E-state index contributed by atoms with van der Waals surface area (Å²) in [5.74, 6) is 1.44. The highest BCUT2D eigenvalue weighted by Gasteiger charge is 2.25. The maximum atomic E-state index is 6.05. The van der Waals surface area contributed by atoms with Crippen molar-refractivity contribution in [3.8, 4) is 22.6 Å². The second kappa shape index (κ2) is 7.05. The molecule has 2 atom stereocenters. The maximum absolute atomic E-state index is 6.05. The molecule has 0 bridgehead atoms. The molecule has 3 aromatic rings. The predicted molar refractivity (Wildman–Crippen MR) is 102 cm³/mol. The van der Waals surface area contributed by atoms with E-state index < -0.39 is 0 Å². The summed E-state index contributed by atoms with van der Waals surface area (Å²) in [6, 6.07) is 7.66. The van der Waals surface area contributed by atoms with Gasteiger partial charge in [-0.1, -0.05) is 23.7 Å². The van der Waals surface area contributed by atoms with Gasteiger partial charge in [0.25, 0.3) is 0 Å². The van der Waals surface area contributed by atoms with Gasteiger partial charge in [-0.3, -0.25) is 0 Å². The molecule has 1 fully saturated rings. The van der Waals surface area contributed by atoms with Crippen LogP contribution in [0.5, 0.6) is 0 Å². The quantitative estimate of drug-likeness (QED) is 0.760. The molecule has 4 rings (SSSR count). The van der Waals surface area contributed by atoms with Crippen LogP contribution in [0.2, 0.25) is 5.02 Å². The average Bonchev–Trinajstić information content (AvgIpc) is 3.15. The normalized spacial score (nSPS) is 20.3. The van der Waals surface area contributed by atoms with E-state index in [1.807, 2.05) is 30.5 Å². The summed E-state index contributed by atoms with van der Waals surface area (Å²) < 4.78 is 5.82. The number of ether oxygens (including phenoxy) is 1. The monoisotopic (exact) mass is 369 g/mol. The SMILES string of the molecule is C[C@H]1CN(c2ncc(-c3ncc[nH]3)c(-c3ccc(Cl)cc3)n2)C[C@H](C)O1. The zero-order valence-electron chi connectivity index (χ0n) is 14.7. The van der Waals surface area contributed by atoms with Crippen molar-refractivity contribution in [2.24, 2.45) is 0 Å². The standard InChI is InChI=1S/C19H20ClN5O/c1-12-10-25(11-13(2)26-12)19-23-9-16(18-21-7-8-22-18)17(24-19)14-3-5-15(20)6-4-14/h3-9,12-13H,10-11H2,1-2H3,(H,21,22)/t12-,13-/m0/s1. The van der Waals surface area contributed by atoms with Crippen molar-refractivity contribution in [1.82, 2.24) is 19.9 Å². The first kappa shape index (κ1) is 17.0. The fraction of sp³-hybridized carbons (Fsp3) is 0.316. The molecule has 2 aromatic heterocycles. The Bertz CT molecular complexity index is 871. The van der Waals surface area contributed by atoms with Crippen molar-refractivity contribution in [3.05, 3.63) is 47.9 Å². The number of H-pyrrole nitrogens is 1. The van der Waals surface area contributed by atoms with Gasteiger partial charge in [-0.15, -0.1) is 0 Å². The van der Waals surface area contributed by atoms with Crippen molar-refractivity contribution < 1.29 is 4.74 Å². The Balaban J connectivity index is 1.79. The number of aromatic amines is 1. The van der Waals surface area contributed by atoms with Gasteiger partial charge in [0.05, 0.1) is 23.5 Å². The molecule has 1 aliphatic heterocycles. The Kier molecular flexibility index (Phi) is 4.61. The second-order valence-corrected chi connectivity index (χ2v) is 6.98. The number of imidazole rings is 1. The lowest BCUT2D eigenvalue weighted by molar-refractivity contribution is -0.00571. The lowest BCUT2D eigenvalue weighted by Gasteiger charge is -2.35. The number of morpholine rings is 1. The maximum Gasteiger partial charge on any atom is 0.226 e. The molecule has 1 aromatic carbocycles. The first-order chi connectivity index (χ1) is 12.6. The van der Waals surface area contributed by atoms with E-state index in [-0.39, 0.29) is 12.2 Å². The van der Waals surface area contributed by atoms with E-state index in [4.69, 9.17) is 21.3 Å². The highest BCUT2D eigenvalue weighted by molar-refractivity contribution is 6.30. The molecular weight excluding hydrogens is 350 g/mol. The lowest BCUT2D eigenvalue weighted by atomic mass is 10.1. The van der Waals surface area contributed by atoms with Crippen LogP contribution in [-0.4, -0.2) is 45.2 Å². The predicted octanol–water partition coefficient (Wildman–Crippen LogP) is 3.80. The van der Waals surface area contributed by atoms with E-state index in [2.05, 4.69) is 33.7 Å². The Labute approximate surface area is 157 Å². The van der Waals surface area contributed by atoms with Crippen LogP contribution in [-0.2, 0) is 4.74 Å². The molecule has 0 radical (unpaired) electrons. The van der Waals surface area contributed by atoms with E-state index in [0.29, 0.717) is 11.0 Å². The van der Waals surface area contributed by atoms with Gasteiger partial charge in [0.1, 0.15) is 5.82 Å². The second-order valence-electron chi connectivity index (χ2n) is 6.54. The van der Waals surface area contributed by atoms with Crippen LogP contribution >= 0.6 is 11.6 Å². The van der Waals surface area contributed by atoms with Gasteiger partial charge in [-0.05, 0) is 26.0 Å². The first-order valence-corrected chi connectivity index (χ1v) is 9.01. The molecule has 0 saturated carbocycles. The number of halogens is 1. The molecule has 26 heavy (non-hydrogen) atoms. The van der Waals surface area contributed by atoms with Crippen LogP contribution in [0.15, 0.2) is 42.9 Å². The van der Waals surface area contributed by atoms with E-state index in [1.165, 1.54) is 0 Å². The van der Waals surface area contributed by atoms with Gasteiger partial charge in [0.2, 0.25) is 5.95 Å². The topological polar surface area (TPSA) is 66.9 Å². The Morgan fingerprint density at radius 2 is 1.85 bits per heavy atom. The van der Waals surface area contributed by atoms with Crippen molar-refractivity contribution in [1.29, 1.82) is 0 Å². The molecule has 1 N–H and O–H groups in total. The van der Waals surface area contributed by atoms with E-state index in [1.54, 1.807) is 12.4 Å². The number of anilines is 1. The molecule has 0 unspecified atom stereocenters. The number of nitrogens with one attached hydrogen (secondary N) is 1. The van der Waals surface area contributed by atoms with Gasteiger partial charge >= 0.3 is 0 Å². The summed E-state index contributed by atoms with van der Waals surface area (Å²) in [7, 11) is 0. The van der Waals surface area contributed by atoms with Crippen LogP contribution in [0.4, 0.5) is 5.95 Å². The number of aromatic nitrogens is 4.